The van der Waals surface area contributed by atoms with Crippen molar-refractivity contribution in [3.05, 3.63) is 24.8 Å². The molecule has 3 nitrogen and oxygen atoms in total. The minimum absolute atomic E-state index is 0.949. The summed E-state index contributed by atoms with van der Waals surface area (Å²) in [6, 6.07) is 1.97. The standard InChI is InChI=1S/C7H7N3/c1-10-5-8-4-6-7(10)2-3-9-6/h2-5H,1H3. The molecule has 0 unspecified atom stereocenters. The van der Waals surface area contributed by atoms with Crippen LogP contribution in [0.25, 0.3) is 11.4 Å². The van der Waals surface area contributed by atoms with E-state index in [1.54, 1.807) is 18.7 Å². The van der Waals surface area contributed by atoms with E-state index in [0.29, 0.717) is 0 Å². The Balaban J connectivity index is 2.80. The number of aromatic nitrogens is 3. The predicted molar refractivity (Wildman–Crippen MR) is 37.6 cm³/mol. The van der Waals surface area contributed by atoms with E-state index in [4.69, 9.17) is 0 Å². The van der Waals surface area contributed by atoms with Crippen LogP contribution >= 0.6 is 0 Å². The molecule has 0 aromatic carbocycles. The number of hydrogen-bond donors (Lipinski definition) is 0. The fraction of sp³-hybridized carbons (Fsp3) is 0.143. The molecule has 2 heterocycles. The molecule has 0 saturated carbocycles. The highest BCUT2D eigenvalue weighted by Gasteiger charge is 2.03. The quantitative estimate of drug-likeness (QED) is 0.535. The third-order valence-corrected chi connectivity index (χ3v) is 1.53. The summed E-state index contributed by atoms with van der Waals surface area (Å²) in [6.07, 6.45) is 5.31. The number of hydrogen-bond acceptors (Lipinski definition) is 2. The van der Waals surface area contributed by atoms with Crippen LogP contribution in [0.2, 0.25) is 0 Å². The maximum absolute atomic E-state index is 4.10. The minimum atomic E-state index is 0.949. The van der Waals surface area contributed by atoms with Gasteiger partial charge >= 0.3 is 0 Å². The molecule has 0 aromatic heterocycles. The summed E-state index contributed by atoms with van der Waals surface area (Å²) in [5, 5.41) is 0. The Labute approximate surface area is 58.7 Å². The number of nitrogens with zero attached hydrogens (tertiary/aromatic N) is 3. The van der Waals surface area contributed by atoms with Crippen LogP contribution in [-0.2, 0) is 7.05 Å². The first-order valence-electron chi connectivity index (χ1n) is 3.09. The van der Waals surface area contributed by atoms with E-state index in [9.17, 15) is 0 Å². The van der Waals surface area contributed by atoms with Gasteiger partial charge in [-0.15, -0.1) is 0 Å². The second kappa shape index (κ2) is 1.80. The van der Waals surface area contributed by atoms with Crippen molar-refractivity contribution in [3.63, 3.8) is 0 Å². The molecule has 0 bridgehead atoms. The first-order chi connectivity index (χ1) is 4.88. The van der Waals surface area contributed by atoms with Crippen LogP contribution in [-0.4, -0.2) is 14.5 Å². The van der Waals surface area contributed by atoms with Crippen molar-refractivity contribution in [2.24, 2.45) is 7.05 Å². The molecule has 0 saturated heterocycles. The molecular formula is C7H7N3. The van der Waals surface area contributed by atoms with Gasteiger partial charge in [-0.25, -0.2) is 4.98 Å². The Hall–Kier alpha value is -1.38. The first kappa shape index (κ1) is 5.41. The van der Waals surface area contributed by atoms with Crippen LogP contribution in [0.3, 0.4) is 0 Å². The van der Waals surface area contributed by atoms with Gasteiger partial charge < -0.3 is 4.57 Å². The van der Waals surface area contributed by atoms with Crippen LogP contribution in [0.5, 0.6) is 0 Å². The van der Waals surface area contributed by atoms with Crippen LogP contribution in [0, 0.1) is 0 Å². The summed E-state index contributed by atoms with van der Waals surface area (Å²) in [6.45, 7) is 0. The lowest BCUT2D eigenvalue weighted by Crippen LogP contribution is -1.95. The Morgan fingerprint density at radius 2 is 2.40 bits per heavy atom. The fourth-order valence-corrected chi connectivity index (χ4v) is 1.00. The van der Waals surface area contributed by atoms with Crippen molar-refractivity contribution in [3.8, 4) is 11.4 Å². The van der Waals surface area contributed by atoms with Crippen molar-refractivity contribution >= 4 is 0 Å². The Kier molecular flexibility index (Phi) is 0.974. The summed E-state index contributed by atoms with van der Waals surface area (Å²) < 4.78 is 1.95. The first-order valence-corrected chi connectivity index (χ1v) is 3.09. The van der Waals surface area contributed by atoms with E-state index < -0.39 is 0 Å². The van der Waals surface area contributed by atoms with Crippen molar-refractivity contribution in [1.29, 1.82) is 0 Å². The summed E-state index contributed by atoms with van der Waals surface area (Å²) in [5.74, 6) is 0. The molecule has 0 N–H and O–H groups in total. The van der Waals surface area contributed by atoms with Crippen molar-refractivity contribution in [2.75, 3.05) is 0 Å². The van der Waals surface area contributed by atoms with Gasteiger partial charge in [-0.2, -0.15) is 0 Å². The Morgan fingerprint density at radius 3 is 3.20 bits per heavy atom. The maximum Gasteiger partial charge on any atom is 0.105 e. The predicted octanol–water partition coefficient (Wildman–Crippen LogP) is 0.920. The molecule has 0 fully saturated rings. The second-order valence-electron chi connectivity index (χ2n) is 2.22. The van der Waals surface area contributed by atoms with E-state index in [1.807, 2.05) is 17.7 Å². The van der Waals surface area contributed by atoms with Crippen LogP contribution in [0.15, 0.2) is 24.8 Å². The molecule has 2 aliphatic rings. The highest BCUT2D eigenvalue weighted by atomic mass is 15.0. The van der Waals surface area contributed by atoms with Gasteiger partial charge in [0.05, 0.1) is 18.2 Å². The molecule has 0 radical (unpaired) electrons. The van der Waals surface area contributed by atoms with Crippen molar-refractivity contribution in [1.82, 2.24) is 14.5 Å². The van der Waals surface area contributed by atoms with Gasteiger partial charge in [-0.3, -0.25) is 4.98 Å². The molecule has 10 heavy (non-hydrogen) atoms. The molecule has 2 aliphatic heterocycles. The lowest BCUT2D eigenvalue weighted by molar-refractivity contribution is 0.871. The molecule has 0 atom stereocenters. The Bertz CT molecular complexity index is 313. The van der Waals surface area contributed by atoms with Gasteiger partial charge in [0.25, 0.3) is 0 Å². The zero-order valence-corrected chi connectivity index (χ0v) is 5.65. The minimum Gasteiger partial charge on any atom is -0.334 e. The number of fused-ring (bicyclic) bond motifs is 1. The van der Waals surface area contributed by atoms with Gasteiger partial charge in [0.1, 0.15) is 5.69 Å². The third kappa shape index (κ3) is 0.603. The van der Waals surface area contributed by atoms with Gasteiger partial charge in [0.15, 0.2) is 0 Å². The smallest absolute Gasteiger partial charge is 0.105 e. The van der Waals surface area contributed by atoms with Crippen LogP contribution in [0.4, 0.5) is 0 Å². The van der Waals surface area contributed by atoms with E-state index in [1.165, 1.54) is 0 Å². The second-order valence-corrected chi connectivity index (χ2v) is 2.22. The molecule has 0 aromatic rings. The number of aryl methyl sites for hydroxylation is 1. The van der Waals surface area contributed by atoms with Gasteiger partial charge in [0.2, 0.25) is 0 Å². The van der Waals surface area contributed by atoms with Crippen LogP contribution in [0.1, 0.15) is 0 Å². The van der Waals surface area contributed by atoms with Crippen molar-refractivity contribution in [2.45, 2.75) is 0 Å². The monoisotopic (exact) mass is 133 g/mol. The Morgan fingerprint density at radius 1 is 1.50 bits per heavy atom. The molecule has 0 aliphatic carbocycles. The lowest BCUT2D eigenvalue weighted by atomic mass is 10.3. The molecule has 0 spiro atoms. The van der Waals surface area contributed by atoms with Gasteiger partial charge in [0, 0.05) is 13.2 Å². The SMILES string of the molecule is Cn1cncc2nccc1-2. The van der Waals surface area contributed by atoms with E-state index >= 15 is 0 Å². The molecular weight excluding hydrogens is 126 g/mol. The third-order valence-electron chi connectivity index (χ3n) is 1.53. The van der Waals surface area contributed by atoms with Crippen molar-refractivity contribution < 1.29 is 0 Å². The summed E-state index contributed by atoms with van der Waals surface area (Å²) >= 11 is 0. The average molecular weight is 133 g/mol. The van der Waals surface area contributed by atoms with E-state index in [-0.39, 0.29) is 0 Å². The number of rotatable bonds is 0. The summed E-state index contributed by atoms with van der Waals surface area (Å²) in [7, 11) is 1.96. The fourth-order valence-electron chi connectivity index (χ4n) is 1.00. The zero-order valence-electron chi connectivity index (χ0n) is 5.65. The van der Waals surface area contributed by atoms with E-state index in [0.717, 1.165) is 11.4 Å². The maximum atomic E-state index is 4.10. The van der Waals surface area contributed by atoms with Crippen LogP contribution < -0.4 is 0 Å². The summed E-state index contributed by atoms with van der Waals surface area (Å²) in [5.41, 5.74) is 2.07. The highest BCUT2D eigenvalue weighted by molar-refractivity contribution is 5.54. The topological polar surface area (TPSA) is 30.7 Å². The van der Waals surface area contributed by atoms with E-state index in [2.05, 4.69) is 9.97 Å². The molecule has 50 valence electrons. The largest absolute Gasteiger partial charge is 0.334 e. The molecule has 3 heteroatoms. The van der Waals surface area contributed by atoms with Gasteiger partial charge in [-0.1, -0.05) is 0 Å². The highest BCUT2D eigenvalue weighted by Crippen LogP contribution is 2.15. The molecule has 2 rings (SSSR count). The summed E-state index contributed by atoms with van der Waals surface area (Å²) in [4.78, 5) is 8.08. The average Bonchev–Trinajstić information content (AvgIpc) is 2.36. The molecule has 0 amide bonds. The lowest BCUT2D eigenvalue weighted by Gasteiger charge is -2.02. The zero-order chi connectivity index (χ0) is 6.97. The normalized spacial score (nSPS) is 10.5. The van der Waals surface area contributed by atoms with Gasteiger partial charge in [-0.05, 0) is 6.07 Å².